The van der Waals surface area contributed by atoms with Crippen molar-refractivity contribution in [3.8, 4) is 5.69 Å². The summed E-state index contributed by atoms with van der Waals surface area (Å²) in [5.41, 5.74) is 4.77. The van der Waals surface area contributed by atoms with E-state index in [4.69, 9.17) is 0 Å². The van der Waals surface area contributed by atoms with Crippen molar-refractivity contribution < 1.29 is 15.0 Å². The van der Waals surface area contributed by atoms with E-state index < -0.39 is 0 Å². The number of hydrogen-bond donors (Lipinski definition) is 2. The molecule has 150 valence electrons. The molecule has 0 aliphatic carbocycles. The number of rotatable bonds is 4. The summed E-state index contributed by atoms with van der Waals surface area (Å²) in [4.78, 5) is 15.4. The van der Waals surface area contributed by atoms with E-state index in [0.717, 1.165) is 15.7 Å². The number of aliphatic hydroxyl groups is 2. The summed E-state index contributed by atoms with van der Waals surface area (Å²) >= 11 is 3.47. The first kappa shape index (κ1) is 19.8. The van der Waals surface area contributed by atoms with Gasteiger partial charge < -0.3 is 15.1 Å². The molecule has 29 heavy (non-hydrogen) atoms. The van der Waals surface area contributed by atoms with E-state index in [-0.39, 0.29) is 25.2 Å². The van der Waals surface area contributed by atoms with Gasteiger partial charge in [-0.05, 0) is 48.7 Å². The van der Waals surface area contributed by atoms with Gasteiger partial charge in [0.05, 0.1) is 36.2 Å². The molecule has 7 heteroatoms. The molecular weight excluding hydrogens is 434 g/mol. The molecule has 2 N–H and O–H groups in total. The molecule has 1 aromatic heterocycles. The Bertz CT molecular complexity index is 1060. The Labute approximate surface area is 177 Å². The quantitative estimate of drug-likeness (QED) is 0.633. The van der Waals surface area contributed by atoms with Crippen LogP contribution < -0.4 is 0 Å². The van der Waals surface area contributed by atoms with Gasteiger partial charge in [0.15, 0.2) is 0 Å². The molecule has 1 amide bonds. The maximum Gasteiger partial charge on any atom is 0.256 e. The number of halogens is 1. The van der Waals surface area contributed by atoms with Crippen molar-refractivity contribution in [3.05, 3.63) is 81.1 Å². The molecule has 4 rings (SSSR count). The Morgan fingerprint density at radius 2 is 1.93 bits per heavy atom. The fourth-order valence-corrected chi connectivity index (χ4v) is 4.23. The van der Waals surface area contributed by atoms with Crippen molar-refractivity contribution in [2.75, 3.05) is 6.61 Å². The normalized spacial score (nSPS) is 16.0. The zero-order valence-electron chi connectivity index (χ0n) is 16.0. The van der Waals surface area contributed by atoms with Gasteiger partial charge in [-0.1, -0.05) is 40.2 Å². The standard InChI is InChI=1S/C22H22BrN3O3/c1-14-8-18(12-27)24-26(14)21-7-6-17(23)10-20(21)22(29)25-11-16-5-3-2-4-15(16)9-19(25)13-28/h2-8,10,19,27-28H,9,11-13H2,1H3. The van der Waals surface area contributed by atoms with E-state index in [9.17, 15) is 15.0 Å². The molecule has 0 radical (unpaired) electrons. The zero-order chi connectivity index (χ0) is 20.5. The van der Waals surface area contributed by atoms with Crippen molar-refractivity contribution in [3.63, 3.8) is 0 Å². The molecule has 0 bridgehead atoms. The Balaban J connectivity index is 1.77. The van der Waals surface area contributed by atoms with E-state index in [2.05, 4.69) is 21.0 Å². The lowest BCUT2D eigenvalue weighted by Crippen LogP contribution is -2.46. The van der Waals surface area contributed by atoms with Crippen LogP contribution in [0.4, 0.5) is 0 Å². The van der Waals surface area contributed by atoms with Crippen LogP contribution in [0.1, 0.15) is 32.9 Å². The average Bonchev–Trinajstić information content (AvgIpc) is 3.12. The van der Waals surface area contributed by atoms with Crippen LogP contribution in [0.3, 0.4) is 0 Å². The minimum atomic E-state index is -0.282. The lowest BCUT2D eigenvalue weighted by Gasteiger charge is -2.36. The van der Waals surface area contributed by atoms with Gasteiger partial charge >= 0.3 is 0 Å². The largest absolute Gasteiger partial charge is 0.394 e. The van der Waals surface area contributed by atoms with E-state index in [0.29, 0.717) is 29.9 Å². The lowest BCUT2D eigenvalue weighted by atomic mass is 9.93. The van der Waals surface area contributed by atoms with Crippen LogP contribution in [0, 0.1) is 6.92 Å². The molecule has 6 nitrogen and oxygen atoms in total. The smallest absolute Gasteiger partial charge is 0.256 e. The Hall–Kier alpha value is -2.48. The number of aliphatic hydroxyl groups excluding tert-OH is 2. The third kappa shape index (κ3) is 3.73. The van der Waals surface area contributed by atoms with Crippen molar-refractivity contribution >= 4 is 21.8 Å². The minimum Gasteiger partial charge on any atom is -0.394 e. The van der Waals surface area contributed by atoms with Crippen LogP contribution in [0.2, 0.25) is 0 Å². The summed E-state index contributed by atoms with van der Waals surface area (Å²) in [7, 11) is 0. The van der Waals surface area contributed by atoms with Crippen LogP contribution in [-0.4, -0.2) is 43.4 Å². The van der Waals surface area contributed by atoms with Gasteiger partial charge in [-0.15, -0.1) is 0 Å². The number of nitrogens with zero attached hydrogens (tertiary/aromatic N) is 3. The maximum atomic E-state index is 13.6. The molecule has 1 aliphatic rings. The highest BCUT2D eigenvalue weighted by molar-refractivity contribution is 9.10. The maximum absolute atomic E-state index is 13.6. The second kappa shape index (κ2) is 8.10. The second-order valence-corrected chi connectivity index (χ2v) is 8.17. The van der Waals surface area contributed by atoms with E-state index >= 15 is 0 Å². The monoisotopic (exact) mass is 455 g/mol. The summed E-state index contributed by atoms with van der Waals surface area (Å²) < 4.78 is 2.46. The van der Waals surface area contributed by atoms with Gasteiger partial charge in [0.25, 0.3) is 5.91 Å². The number of amides is 1. The highest BCUT2D eigenvalue weighted by atomic mass is 79.9. The predicted octanol–water partition coefficient (Wildman–Crippen LogP) is 2.99. The van der Waals surface area contributed by atoms with Gasteiger partial charge in [-0.2, -0.15) is 5.10 Å². The van der Waals surface area contributed by atoms with Gasteiger partial charge in [0.2, 0.25) is 0 Å². The minimum absolute atomic E-state index is 0.0983. The predicted molar refractivity (Wildman–Crippen MR) is 113 cm³/mol. The molecule has 2 heterocycles. The number of carbonyl (C=O) groups excluding carboxylic acids is 1. The second-order valence-electron chi connectivity index (χ2n) is 7.25. The van der Waals surface area contributed by atoms with Crippen molar-refractivity contribution in [2.45, 2.75) is 32.5 Å². The van der Waals surface area contributed by atoms with Gasteiger partial charge in [-0.25, -0.2) is 4.68 Å². The molecular formula is C22H22BrN3O3. The summed E-state index contributed by atoms with van der Waals surface area (Å²) in [5.74, 6) is -0.157. The summed E-state index contributed by atoms with van der Waals surface area (Å²) in [6, 6.07) is 15.0. The van der Waals surface area contributed by atoms with E-state index in [1.54, 1.807) is 21.7 Å². The Morgan fingerprint density at radius 1 is 1.17 bits per heavy atom. The van der Waals surface area contributed by atoms with Crippen LogP contribution in [0.15, 0.2) is 53.0 Å². The lowest BCUT2D eigenvalue weighted by molar-refractivity contribution is 0.0544. The first-order valence-electron chi connectivity index (χ1n) is 9.46. The van der Waals surface area contributed by atoms with Crippen molar-refractivity contribution in [1.29, 1.82) is 0 Å². The highest BCUT2D eigenvalue weighted by Gasteiger charge is 2.31. The number of hydrogen-bond acceptors (Lipinski definition) is 4. The van der Waals surface area contributed by atoms with Crippen LogP contribution >= 0.6 is 15.9 Å². The van der Waals surface area contributed by atoms with Crippen LogP contribution in [0.25, 0.3) is 5.69 Å². The molecule has 1 unspecified atom stereocenters. The van der Waals surface area contributed by atoms with Gasteiger partial charge in [0.1, 0.15) is 0 Å². The van der Waals surface area contributed by atoms with Crippen molar-refractivity contribution in [2.24, 2.45) is 0 Å². The molecule has 0 fully saturated rings. The number of carbonyl (C=O) groups is 1. The van der Waals surface area contributed by atoms with E-state index in [1.807, 2.05) is 43.3 Å². The molecule has 1 aliphatic heterocycles. The van der Waals surface area contributed by atoms with Crippen LogP contribution in [0.5, 0.6) is 0 Å². The Morgan fingerprint density at radius 3 is 2.62 bits per heavy atom. The fourth-order valence-electron chi connectivity index (χ4n) is 3.87. The summed E-state index contributed by atoms with van der Waals surface area (Å²) in [6.45, 7) is 2.07. The number of benzene rings is 2. The van der Waals surface area contributed by atoms with Crippen molar-refractivity contribution in [1.82, 2.24) is 14.7 Å². The number of aryl methyl sites for hydroxylation is 1. The van der Waals surface area contributed by atoms with Crippen LogP contribution in [-0.2, 0) is 19.6 Å². The zero-order valence-corrected chi connectivity index (χ0v) is 17.6. The topological polar surface area (TPSA) is 78.6 Å². The highest BCUT2D eigenvalue weighted by Crippen LogP contribution is 2.28. The average molecular weight is 456 g/mol. The third-order valence-corrected chi connectivity index (χ3v) is 5.84. The molecule has 1 atom stereocenters. The molecule has 2 aromatic carbocycles. The number of fused-ring (bicyclic) bond motifs is 1. The Kier molecular flexibility index (Phi) is 5.54. The van der Waals surface area contributed by atoms with E-state index in [1.165, 1.54) is 5.56 Å². The van der Waals surface area contributed by atoms with Gasteiger partial charge in [-0.3, -0.25) is 4.79 Å². The third-order valence-electron chi connectivity index (χ3n) is 5.34. The summed E-state index contributed by atoms with van der Waals surface area (Å²) in [5, 5.41) is 23.8. The first-order chi connectivity index (χ1) is 14.0. The molecule has 0 spiro atoms. The first-order valence-corrected chi connectivity index (χ1v) is 10.3. The molecule has 0 saturated heterocycles. The molecule has 0 saturated carbocycles. The fraction of sp³-hybridized carbons (Fsp3) is 0.273. The molecule has 3 aromatic rings. The number of aromatic nitrogens is 2. The van der Waals surface area contributed by atoms with Gasteiger partial charge in [0, 0.05) is 16.7 Å². The summed E-state index contributed by atoms with van der Waals surface area (Å²) in [6.07, 6.45) is 0.622. The SMILES string of the molecule is Cc1cc(CO)nn1-c1ccc(Br)cc1C(=O)N1Cc2ccccc2CC1CO.